The van der Waals surface area contributed by atoms with Crippen LogP contribution in [0.3, 0.4) is 0 Å². The van der Waals surface area contributed by atoms with Crippen molar-refractivity contribution < 1.29 is 14.3 Å². The molecule has 2 atom stereocenters. The maximum absolute atomic E-state index is 12.4. The predicted octanol–water partition coefficient (Wildman–Crippen LogP) is 1.55. The van der Waals surface area contributed by atoms with E-state index in [1.807, 2.05) is 19.9 Å². The molecule has 6 heteroatoms. The Morgan fingerprint density at radius 1 is 1.11 bits per heavy atom. The van der Waals surface area contributed by atoms with Gasteiger partial charge in [-0.2, -0.15) is 0 Å². The van der Waals surface area contributed by atoms with Crippen molar-refractivity contribution in [1.82, 2.24) is 15.1 Å². The van der Waals surface area contributed by atoms with Crippen LogP contribution in [0.4, 0.5) is 0 Å². The predicted molar refractivity (Wildman–Crippen MR) is 106 cm³/mol. The largest absolute Gasteiger partial charge is 0.467 e. The zero-order valence-corrected chi connectivity index (χ0v) is 16.8. The number of amides is 1. The lowest BCUT2D eigenvalue weighted by molar-refractivity contribution is -0.146. The molecule has 1 aromatic rings. The molecule has 2 unspecified atom stereocenters. The first-order valence-corrected chi connectivity index (χ1v) is 9.89. The summed E-state index contributed by atoms with van der Waals surface area (Å²) in [5, 5.41) is 2.85. The Hall–Kier alpha value is -1.92. The van der Waals surface area contributed by atoms with Crippen molar-refractivity contribution in [2.75, 3.05) is 46.4 Å². The molecule has 1 aromatic carbocycles. The first kappa shape index (κ1) is 21.4. The third-order valence-electron chi connectivity index (χ3n) is 5.38. The van der Waals surface area contributed by atoms with Crippen molar-refractivity contribution in [1.29, 1.82) is 0 Å². The topological polar surface area (TPSA) is 61.9 Å². The van der Waals surface area contributed by atoms with Gasteiger partial charge in [0.05, 0.1) is 13.7 Å². The van der Waals surface area contributed by atoms with E-state index in [0.717, 1.165) is 45.6 Å². The highest BCUT2D eigenvalue weighted by atomic mass is 16.5. The average Bonchev–Trinajstić information content (AvgIpc) is 2.71. The maximum Gasteiger partial charge on any atom is 0.328 e. The Labute approximate surface area is 162 Å². The highest BCUT2D eigenvalue weighted by Gasteiger charge is 2.27. The minimum absolute atomic E-state index is 0.0521. The quantitative estimate of drug-likeness (QED) is 0.664. The summed E-state index contributed by atoms with van der Waals surface area (Å²) in [6.07, 6.45) is 1.86. The molecule has 1 fully saturated rings. The fraction of sp³-hybridized carbons (Fsp3) is 0.619. The number of carbonyl (C=O) groups excluding carboxylic acids is 2. The molecule has 0 aromatic heterocycles. The Morgan fingerprint density at radius 3 is 2.33 bits per heavy atom. The van der Waals surface area contributed by atoms with Crippen molar-refractivity contribution in [2.24, 2.45) is 5.92 Å². The molecule has 150 valence electrons. The zero-order chi connectivity index (χ0) is 19.6. The van der Waals surface area contributed by atoms with Gasteiger partial charge in [0.1, 0.15) is 6.04 Å². The molecule has 0 spiro atoms. The van der Waals surface area contributed by atoms with Crippen LogP contribution in [-0.4, -0.2) is 74.1 Å². The monoisotopic (exact) mass is 375 g/mol. The SMILES string of the molecule is CCC(C)C(NC(=O)CN1CCN(CCc2ccccc2)CC1)C(=O)OC. The van der Waals surface area contributed by atoms with Crippen LogP contribution in [0.1, 0.15) is 25.8 Å². The highest BCUT2D eigenvalue weighted by Crippen LogP contribution is 2.10. The molecule has 6 nitrogen and oxygen atoms in total. The third kappa shape index (κ3) is 6.96. The fourth-order valence-electron chi connectivity index (χ4n) is 3.32. The van der Waals surface area contributed by atoms with E-state index in [0.29, 0.717) is 6.54 Å². The molecule has 0 aliphatic carbocycles. The molecule has 0 saturated carbocycles. The van der Waals surface area contributed by atoms with Crippen LogP contribution in [0.5, 0.6) is 0 Å². The third-order valence-corrected chi connectivity index (χ3v) is 5.38. The van der Waals surface area contributed by atoms with Gasteiger partial charge in [0.25, 0.3) is 0 Å². The average molecular weight is 376 g/mol. The zero-order valence-electron chi connectivity index (χ0n) is 16.8. The van der Waals surface area contributed by atoms with Gasteiger partial charge in [-0.3, -0.25) is 9.69 Å². The summed E-state index contributed by atoms with van der Waals surface area (Å²) in [7, 11) is 1.36. The van der Waals surface area contributed by atoms with Crippen LogP contribution in [0, 0.1) is 5.92 Å². The first-order chi connectivity index (χ1) is 13.0. The van der Waals surface area contributed by atoms with Gasteiger partial charge in [-0.25, -0.2) is 4.79 Å². The summed E-state index contributed by atoms with van der Waals surface area (Å²) >= 11 is 0. The van der Waals surface area contributed by atoms with Crippen molar-refractivity contribution in [3.63, 3.8) is 0 Å². The molecule has 1 saturated heterocycles. The standard InChI is InChI=1S/C21H33N3O3/c1-4-17(2)20(21(26)27-3)22-19(25)16-24-14-12-23(13-15-24)11-10-18-8-6-5-7-9-18/h5-9,17,20H,4,10-16H2,1-3H3,(H,22,25). The summed E-state index contributed by atoms with van der Waals surface area (Å²) in [6.45, 7) is 8.99. The molecular weight excluding hydrogens is 342 g/mol. The molecular formula is C21H33N3O3. The summed E-state index contributed by atoms with van der Waals surface area (Å²) in [5.41, 5.74) is 1.36. The van der Waals surface area contributed by atoms with Gasteiger partial charge in [-0.05, 0) is 17.9 Å². The maximum atomic E-state index is 12.4. The number of nitrogens with zero attached hydrogens (tertiary/aromatic N) is 2. The Bertz CT molecular complexity index is 586. The summed E-state index contributed by atoms with van der Waals surface area (Å²) in [5.74, 6) is -0.428. The Morgan fingerprint density at radius 2 is 1.74 bits per heavy atom. The number of carbonyl (C=O) groups is 2. The number of hydrogen-bond acceptors (Lipinski definition) is 5. The number of benzene rings is 1. The van der Waals surface area contributed by atoms with E-state index in [2.05, 4.69) is 39.4 Å². The number of ether oxygens (including phenoxy) is 1. The normalized spacial score (nSPS) is 17.9. The van der Waals surface area contributed by atoms with Crippen LogP contribution < -0.4 is 5.32 Å². The number of rotatable bonds is 9. The smallest absolute Gasteiger partial charge is 0.328 e. The Balaban J connectivity index is 1.72. The van der Waals surface area contributed by atoms with Gasteiger partial charge in [0, 0.05) is 32.7 Å². The molecule has 1 heterocycles. The molecule has 1 amide bonds. The molecule has 1 aliphatic rings. The number of nitrogens with one attached hydrogen (secondary N) is 1. The number of piperazine rings is 1. The van der Waals surface area contributed by atoms with Gasteiger partial charge in [0.15, 0.2) is 0 Å². The highest BCUT2D eigenvalue weighted by molar-refractivity contribution is 5.85. The first-order valence-electron chi connectivity index (χ1n) is 9.89. The lowest BCUT2D eigenvalue weighted by atomic mass is 9.99. The molecule has 0 radical (unpaired) electrons. The second-order valence-electron chi connectivity index (χ2n) is 7.31. The molecule has 0 bridgehead atoms. The van der Waals surface area contributed by atoms with Crippen molar-refractivity contribution in [2.45, 2.75) is 32.7 Å². The van der Waals surface area contributed by atoms with Crippen molar-refractivity contribution >= 4 is 11.9 Å². The van der Waals surface area contributed by atoms with E-state index in [4.69, 9.17) is 4.74 Å². The van der Waals surface area contributed by atoms with Gasteiger partial charge >= 0.3 is 5.97 Å². The van der Waals surface area contributed by atoms with E-state index in [9.17, 15) is 9.59 Å². The van der Waals surface area contributed by atoms with Gasteiger partial charge < -0.3 is 15.0 Å². The lowest BCUT2D eigenvalue weighted by Gasteiger charge is -2.34. The minimum Gasteiger partial charge on any atom is -0.467 e. The van der Waals surface area contributed by atoms with Gasteiger partial charge in [-0.15, -0.1) is 0 Å². The summed E-state index contributed by atoms with van der Waals surface area (Å²) in [4.78, 5) is 28.9. The van der Waals surface area contributed by atoms with E-state index < -0.39 is 6.04 Å². The molecule has 1 aliphatic heterocycles. The van der Waals surface area contributed by atoms with Crippen molar-refractivity contribution in [3.05, 3.63) is 35.9 Å². The van der Waals surface area contributed by atoms with Crippen LogP contribution in [-0.2, 0) is 20.7 Å². The van der Waals surface area contributed by atoms with E-state index in [-0.39, 0.29) is 17.8 Å². The summed E-state index contributed by atoms with van der Waals surface area (Å²) in [6, 6.07) is 9.95. The van der Waals surface area contributed by atoms with Crippen LogP contribution >= 0.6 is 0 Å². The number of esters is 1. The van der Waals surface area contributed by atoms with E-state index in [1.54, 1.807) is 0 Å². The van der Waals surface area contributed by atoms with Crippen molar-refractivity contribution in [3.8, 4) is 0 Å². The van der Waals surface area contributed by atoms with Crippen LogP contribution in [0.25, 0.3) is 0 Å². The van der Waals surface area contributed by atoms with Crippen LogP contribution in [0.2, 0.25) is 0 Å². The van der Waals surface area contributed by atoms with Gasteiger partial charge in [-0.1, -0.05) is 50.6 Å². The summed E-state index contributed by atoms with van der Waals surface area (Å²) < 4.78 is 4.83. The van der Waals surface area contributed by atoms with E-state index >= 15 is 0 Å². The fourth-order valence-corrected chi connectivity index (χ4v) is 3.32. The second-order valence-corrected chi connectivity index (χ2v) is 7.31. The Kier molecular flexibility index (Phi) is 8.75. The lowest BCUT2D eigenvalue weighted by Crippen LogP contribution is -2.52. The van der Waals surface area contributed by atoms with Crippen LogP contribution in [0.15, 0.2) is 30.3 Å². The molecule has 2 rings (SSSR count). The number of hydrogen-bond donors (Lipinski definition) is 1. The second kappa shape index (κ2) is 11.0. The molecule has 27 heavy (non-hydrogen) atoms. The number of methoxy groups -OCH3 is 1. The van der Waals surface area contributed by atoms with Gasteiger partial charge in [0.2, 0.25) is 5.91 Å². The molecule has 1 N–H and O–H groups in total. The minimum atomic E-state index is -0.570. The van der Waals surface area contributed by atoms with E-state index in [1.165, 1.54) is 12.7 Å².